The number of likely N-dealkylation sites (N-methyl/N-ethyl adjacent to an activating group) is 1. The van der Waals surface area contributed by atoms with Gasteiger partial charge in [0.2, 0.25) is 12.0 Å². The monoisotopic (exact) mass is 1200 g/mol. The second-order valence-electron chi connectivity index (χ2n) is 21.2. The Balaban J connectivity index is 0.909. The van der Waals surface area contributed by atoms with Crippen LogP contribution >= 0.6 is 34.5 Å². The Morgan fingerprint density at radius 1 is 0.843 bits per heavy atom. The number of carboxylic acids is 1. The molecule has 6 aromatic rings. The molecule has 1 saturated heterocycles. The number of methoxy groups -OCH3 is 1. The van der Waals surface area contributed by atoms with E-state index >= 15 is 0 Å². The van der Waals surface area contributed by atoms with Gasteiger partial charge in [-0.15, -0.1) is 11.3 Å². The van der Waals surface area contributed by atoms with Crippen molar-refractivity contribution in [2.45, 2.75) is 65.3 Å². The van der Waals surface area contributed by atoms with Crippen molar-refractivity contribution >= 4 is 56.3 Å². The zero-order valence-electron chi connectivity index (χ0n) is 47.7. The van der Waals surface area contributed by atoms with E-state index in [1.807, 2.05) is 13.8 Å². The molecule has 83 heavy (non-hydrogen) atoms. The third-order valence-electron chi connectivity index (χ3n) is 14.9. The second kappa shape index (κ2) is 29.9. The molecule has 3 aliphatic heterocycles. The molecule has 0 saturated carbocycles. The van der Waals surface area contributed by atoms with Gasteiger partial charge in [-0.25, -0.2) is 29.1 Å². The highest BCUT2D eigenvalue weighted by molar-refractivity contribution is 7.22. The van der Waals surface area contributed by atoms with Gasteiger partial charge in [0.15, 0.2) is 11.6 Å². The zero-order valence-corrected chi connectivity index (χ0v) is 50.1. The number of halogens is 3. The minimum Gasteiger partial charge on any atom is -0.490 e. The van der Waals surface area contributed by atoms with Gasteiger partial charge in [0.25, 0.3) is 0 Å². The van der Waals surface area contributed by atoms with E-state index in [9.17, 15) is 14.3 Å². The summed E-state index contributed by atoms with van der Waals surface area (Å²) in [6.07, 6.45) is 5.54. The van der Waals surface area contributed by atoms with Crippen LogP contribution in [0.25, 0.3) is 37.4 Å². The molecule has 18 nitrogen and oxygen atoms in total. The summed E-state index contributed by atoms with van der Waals surface area (Å²) in [4.78, 5) is 38.1. The number of allylic oxidation sites excluding steroid dienone is 2. The van der Waals surface area contributed by atoms with Crippen LogP contribution in [0.5, 0.6) is 23.1 Å². The van der Waals surface area contributed by atoms with Crippen molar-refractivity contribution in [3.8, 4) is 44.7 Å². The molecule has 0 spiro atoms. The molecule has 3 aromatic heterocycles. The predicted molar refractivity (Wildman–Crippen MR) is 316 cm³/mol. The molecule has 22 heteroatoms. The summed E-state index contributed by atoms with van der Waals surface area (Å²) in [6.45, 7) is 15.8. The minimum absolute atomic E-state index is 0.0241. The Kier molecular flexibility index (Phi) is 22.3. The Morgan fingerprint density at radius 2 is 1.52 bits per heavy atom. The number of carbonyl (C=O) groups is 1. The van der Waals surface area contributed by atoms with Crippen LogP contribution in [0.3, 0.4) is 0 Å². The number of hydrogen-bond donors (Lipinski definition) is 1. The Hall–Kier alpha value is -5.62. The summed E-state index contributed by atoms with van der Waals surface area (Å²) >= 11 is 16.1. The van der Waals surface area contributed by atoms with E-state index in [2.05, 4.69) is 44.8 Å². The number of thiophene rings is 1. The molecule has 446 valence electrons. The van der Waals surface area contributed by atoms with E-state index in [1.54, 1.807) is 49.7 Å². The lowest BCUT2D eigenvalue weighted by atomic mass is 9.77. The van der Waals surface area contributed by atoms with Crippen LogP contribution in [0, 0.1) is 25.1 Å². The van der Waals surface area contributed by atoms with Crippen LogP contribution in [0.15, 0.2) is 67.1 Å². The summed E-state index contributed by atoms with van der Waals surface area (Å²) < 4.78 is 74.2. The van der Waals surface area contributed by atoms with Crippen molar-refractivity contribution in [3.63, 3.8) is 0 Å². The van der Waals surface area contributed by atoms with E-state index in [-0.39, 0.29) is 30.9 Å². The van der Waals surface area contributed by atoms with Crippen LogP contribution < -0.4 is 18.9 Å². The van der Waals surface area contributed by atoms with Gasteiger partial charge in [0.1, 0.15) is 47.8 Å². The van der Waals surface area contributed by atoms with Crippen molar-refractivity contribution in [1.82, 2.24) is 29.7 Å². The second-order valence-corrected chi connectivity index (χ2v) is 23.0. The van der Waals surface area contributed by atoms with Crippen LogP contribution in [0.1, 0.15) is 54.4 Å². The third-order valence-corrected chi connectivity index (χ3v) is 17.0. The molecule has 3 aromatic carbocycles. The van der Waals surface area contributed by atoms with E-state index in [0.717, 1.165) is 51.0 Å². The summed E-state index contributed by atoms with van der Waals surface area (Å²) in [5.74, 6) is 0.182. The molecular weight excluding hydrogens is 1130 g/mol. The number of rotatable bonds is 25. The first-order chi connectivity index (χ1) is 40.3. The highest BCUT2D eigenvalue weighted by Gasteiger charge is 2.33. The Bertz CT molecular complexity index is 3140. The average molecular weight is 1200 g/mol. The SMILES string of the molecule is COCCOCCOCCOCCOCCOC[C@@]1(C)CC=C(c2nccc(COc3ccc4cc3C[C@H](C(=O)O)Oc3ncnc5sc(-c6ccc(F)cc6)c(c35)-c3c(C)c(Cl)c(c(Cl)c3C)O[C@H](CN3CCN(C)CC3)CO4)n2)CC1. The van der Waals surface area contributed by atoms with Gasteiger partial charge >= 0.3 is 5.97 Å². The number of aliphatic carboxylic acids is 1. The molecule has 4 bridgehead atoms. The maximum atomic E-state index is 14.5. The van der Waals surface area contributed by atoms with Gasteiger partial charge in [-0.1, -0.05) is 48.3 Å². The summed E-state index contributed by atoms with van der Waals surface area (Å²) in [5.41, 5.74) is 5.39. The van der Waals surface area contributed by atoms with E-state index < -0.39 is 24.0 Å². The Labute approximate surface area is 498 Å². The van der Waals surface area contributed by atoms with Crippen molar-refractivity contribution in [3.05, 3.63) is 111 Å². The fourth-order valence-corrected chi connectivity index (χ4v) is 11.8. The van der Waals surface area contributed by atoms with Gasteiger partial charge in [0, 0.05) is 68.5 Å². The molecule has 4 aliphatic rings. The number of ether oxygens (including phenoxy) is 10. The first-order valence-electron chi connectivity index (χ1n) is 28.0. The third kappa shape index (κ3) is 16.4. The van der Waals surface area contributed by atoms with E-state index in [0.29, 0.717) is 167 Å². The van der Waals surface area contributed by atoms with Crippen LogP contribution in [0.2, 0.25) is 10.0 Å². The minimum atomic E-state index is -1.48. The molecular formula is C61H73Cl2FN6O12S. The van der Waals surface area contributed by atoms with E-state index in [4.69, 9.17) is 75.6 Å². The fraction of sp³-hybridized carbons (Fsp3) is 0.492. The van der Waals surface area contributed by atoms with Gasteiger partial charge in [-0.2, -0.15) is 0 Å². The molecule has 1 fully saturated rings. The topological polar surface area (TPSA) is 188 Å². The highest BCUT2D eigenvalue weighted by Crippen LogP contribution is 2.53. The first kappa shape index (κ1) is 61.9. The summed E-state index contributed by atoms with van der Waals surface area (Å²) in [6, 6.07) is 13.3. The average Bonchev–Trinajstić information content (AvgIpc) is 2.06. The number of hydrogen-bond acceptors (Lipinski definition) is 18. The molecule has 3 atom stereocenters. The standard InChI is InChI=1S/C61H73Cl2FN6O12S/c1-39-50-40(2)54(63)55(53(39)62)81-47(34-70-20-18-69(4)19-21-70)36-79-46-10-11-48(43(32-46)33-49(60(71)72)82-58-52-51(50)56(83-59(52)67-38-66-58)41-6-8-44(64)9-7-41)80-35-45-14-17-65-57(68-45)42-12-15-61(3,16-13-42)37-78-31-30-77-29-28-76-27-26-75-25-24-74-23-22-73-5/h6-12,14,17,32,38,47,49H,13,15-16,18-31,33-37H2,1-5H3,(H,71,72)/t47-,49-,61+/m1/s1. The number of aromatic nitrogens is 4. The molecule has 6 heterocycles. The number of fused-ring (bicyclic) bond motifs is 7. The predicted octanol–water partition coefficient (Wildman–Crippen LogP) is 10.2. The van der Waals surface area contributed by atoms with Gasteiger partial charge in [-0.3, -0.25) is 4.90 Å². The van der Waals surface area contributed by atoms with Crippen LogP contribution in [-0.2, 0) is 46.2 Å². The molecule has 1 N–H and O–H groups in total. The summed E-state index contributed by atoms with van der Waals surface area (Å²) in [5, 5.41) is 12.0. The first-order valence-corrected chi connectivity index (χ1v) is 29.6. The van der Waals surface area contributed by atoms with Gasteiger partial charge in [-0.05, 0) is 110 Å². The van der Waals surface area contributed by atoms with Crippen molar-refractivity contribution in [1.29, 1.82) is 0 Å². The number of nitrogens with zero attached hydrogens (tertiary/aromatic N) is 6. The summed E-state index contributed by atoms with van der Waals surface area (Å²) in [7, 11) is 3.75. The maximum Gasteiger partial charge on any atom is 0.345 e. The Morgan fingerprint density at radius 3 is 2.17 bits per heavy atom. The largest absolute Gasteiger partial charge is 0.490 e. The quantitative estimate of drug-likeness (QED) is 0.0533. The lowest BCUT2D eigenvalue weighted by Crippen LogP contribution is -2.49. The lowest BCUT2D eigenvalue weighted by Gasteiger charge is -2.35. The van der Waals surface area contributed by atoms with Crippen LogP contribution in [0.4, 0.5) is 4.39 Å². The van der Waals surface area contributed by atoms with Crippen LogP contribution in [-0.4, -0.2) is 179 Å². The zero-order chi connectivity index (χ0) is 58.3. The highest BCUT2D eigenvalue weighted by atomic mass is 35.5. The number of piperazine rings is 1. The van der Waals surface area contributed by atoms with Gasteiger partial charge in [0.05, 0.1) is 93.8 Å². The van der Waals surface area contributed by atoms with Gasteiger partial charge < -0.3 is 57.4 Å². The smallest absolute Gasteiger partial charge is 0.345 e. The molecule has 1 aliphatic carbocycles. The molecule has 0 unspecified atom stereocenters. The maximum absolute atomic E-state index is 14.5. The fourth-order valence-electron chi connectivity index (χ4n) is 10.2. The molecule has 0 radical (unpaired) electrons. The van der Waals surface area contributed by atoms with Crippen molar-refractivity contribution in [2.75, 3.05) is 126 Å². The molecule has 0 amide bonds. The van der Waals surface area contributed by atoms with Crippen molar-refractivity contribution in [2.24, 2.45) is 5.41 Å². The van der Waals surface area contributed by atoms with Crippen molar-refractivity contribution < 1.29 is 61.7 Å². The number of benzene rings is 3. The number of carboxylic acid groups (broad SMARTS) is 1. The normalized spacial score (nSPS) is 18.8. The van der Waals surface area contributed by atoms with E-state index in [1.165, 1.54) is 29.8 Å². The molecule has 10 rings (SSSR count). The lowest BCUT2D eigenvalue weighted by molar-refractivity contribution is -0.145.